The third-order valence-electron chi connectivity index (χ3n) is 3.18. The summed E-state index contributed by atoms with van der Waals surface area (Å²) in [5.41, 5.74) is 5.28. The molecule has 132 valence electrons. The topological polar surface area (TPSA) is 113 Å². The van der Waals surface area contributed by atoms with Gasteiger partial charge in [-0.2, -0.15) is 0 Å². The van der Waals surface area contributed by atoms with Gasteiger partial charge in [0, 0.05) is 13.2 Å². The lowest BCUT2D eigenvalue weighted by atomic mass is 10.0. The molecule has 3 atom stereocenters. The smallest absolute Gasteiger partial charge is 0.109 e. The number of ether oxygens (including phenoxy) is 5. The second kappa shape index (κ2) is 13.1. The van der Waals surface area contributed by atoms with E-state index in [0.717, 1.165) is 0 Å². The monoisotopic (exact) mass is 323 g/mol. The van der Waals surface area contributed by atoms with Crippen LogP contribution in [0.3, 0.4) is 0 Å². The van der Waals surface area contributed by atoms with E-state index in [9.17, 15) is 10.2 Å². The van der Waals surface area contributed by atoms with Gasteiger partial charge in [0.15, 0.2) is 0 Å². The highest BCUT2D eigenvalue weighted by Gasteiger charge is 2.31. The maximum absolute atomic E-state index is 9.69. The molecule has 0 radical (unpaired) electrons. The van der Waals surface area contributed by atoms with Crippen LogP contribution in [0.25, 0.3) is 0 Å². The van der Waals surface area contributed by atoms with Gasteiger partial charge in [-0.15, -0.1) is 0 Å². The van der Waals surface area contributed by atoms with Crippen LogP contribution in [0.2, 0.25) is 0 Å². The van der Waals surface area contributed by atoms with Gasteiger partial charge in [0.05, 0.1) is 59.0 Å². The van der Waals surface area contributed by atoms with Crippen molar-refractivity contribution in [2.75, 3.05) is 66.0 Å². The highest BCUT2D eigenvalue weighted by Crippen LogP contribution is 2.14. The Hall–Kier alpha value is -0.320. The Morgan fingerprint density at radius 2 is 1.41 bits per heavy atom. The Kier molecular flexibility index (Phi) is 11.8. The summed E-state index contributed by atoms with van der Waals surface area (Å²) in [6.07, 6.45) is -1.63. The molecule has 0 spiro atoms. The van der Waals surface area contributed by atoms with Crippen molar-refractivity contribution >= 4 is 0 Å². The molecule has 8 nitrogen and oxygen atoms in total. The number of aliphatic hydroxyl groups is 2. The summed E-state index contributed by atoms with van der Waals surface area (Å²) in [6.45, 7) is 4.66. The van der Waals surface area contributed by atoms with Gasteiger partial charge in [-0.05, 0) is 6.42 Å². The minimum atomic E-state index is -0.885. The molecule has 0 bridgehead atoms. The van der Waals surface area contributed by atoms with Crippen molar-refractivity contribution in [1.82, 2.24) is 0 Å². The van der Waals surface area contributed by atoms with Crippen LogP contribution in [0.15, 0.2) is 0 Å². The Labute approximate surface area is 131 Å². The highest BCUT2D eigenvalue weighted by molar-refractivity contribution is 4.80. The zero-order chi connectivity index (χ0) is 16.0. The number of nitrogens with two attached hydrogens (primary N) is 1. The zero-order valence-electron chi connectivity index (χ0n) is 13.0. The molecule has 0 aromatic rings. The van der Waals surface area contributed by atoms with E-state index in [0.29, 0.717) is 65.8 Å². The maximum atomic E-state index is 9.69. The van der Waals surface area contributed by atoms with Crippen molar-refractivity contribution in [3.8, 4) is 0 Å². The van der Waals surface area contributed by atoms with Crippen molar-refractivity contribution in [1.29, 1.82) is 0 Å². The lowest BCUT2D eigenvalue weighted by Gasteiger charge is -2.31. The van der Waals surface area contributed by atoms with Crippen LogP contribution in [0, 0.1) is 0 Å². The summed E-state index contributed by atoms with van der Waals surface area (Å²) in [7, 11) is 0. The third-order valence-corrected chi connectivity index (χ3v) is 3.18. The molecule has 1 heterocycles. The Balaban J connectivity index is 1.82. The van der Waals surface area contributed by atoms with E-state index in [-0.39, 0.29) is 6.61 Å². The fraction of sp³-hybridized carbons (Fsp3) is 1.00. The van der Waals surface area contributed by atoms with Crippen LogP contribution in [-0.2, 0) is 23.7 Å². The molecule has 22 heavy (non-hydrogen) atoms. The maximum Gasteiger partial charge on any atom is 0.109 e. The zero-order valence-corrected chi connectivity index (χ0v) is 13.0. The van der Waals surface area contributed by atoms with Crippen molar-refractivity contribution in [3.63, 3.8) is 0 Å². The van der Waals surface area contributed by atoms with Gasteiger partial charge < -0.3 is 39.6 Å². The van der Waals surface area contributed by atoms with E-state index in [1.54, 1.807) is 0 Å². The summed E-state index contributed by atoms with van der Waals surface area (Å²) in [5.74, 6) is 0. The van der Waals surface area contributed by atoms with Crippen LogP contribution in [-0.4, -0.2) is 94.5 Å². The van der Waals surface area contributed by atoms with E-state index in [1.807, 2.05) is 0 Å². The second-order valence-corrected chi connectivity index (χ2v) is 4.96. The number of hydrogen-bond donors (Lipinski definition) is 3. The Morgan fingerprint density at radius 1 is 0.864 bits per heavy atom. The average Bonchev–Trinajstić information content (AvgIpc) is 2.52. The first-order valence-electron chi connectivity index (χ1n) is 7.74. The third kappa shape index (κ3) is 8.96. The molecule has 1 aliphatic heterocycles. The van der Waals surface area contributed by atoms with Gasteiger partial charge in [-0.3, -0.25) is 0 Å². The van der Waals surface area contributed by atoms with Crippen molar-refractivity contribution < 1.29 is 33.9 Å². The SMILES string of the molecule is NCCOCCOCCOCCOC[C@H]1OCC[C@@H](O)[C@H]1O. The fourth-order valence-corrected chi connectivity index (χ4v) is 1.95. The number of aliphatic hydroxyl groups excluding tert-OH is 2. The number of hydrogen-bond acceptors (Lipinski definition) is 8. The minimum absolute atomic E-state index is 0.247. The standard InChI is InChI=1S/C14H29NO7/c15-2-4-18-5-6-19-7-8-20-9-10-21-11-13-14(17)12(16)1-3-22-13/h12-14,16-17H,1-11,15H2/t12-,13-,14-/m1/s1. The van der Waals surface area contributed by atoms with Crippen LogP contribution < -0.4 is 5.73 Å². The van der Waals surface area contributed by atoms with E-state index in [4.69, 9.17) is 29.4 Å². The van der Waals surface area contributed by atoms with Gasteiger partial charge in [-0.1, -0.05) is 0 Å². The molecule has 0 amide bonds. The minimum Gasteiger partial charge on any atom is -0.390 e. The molecule has 0 aromatic heterocycles. The molecule has 0 aliphatic carbocycles. The van der Waals surface area contributed by atoms with Crippen molar-refractivity contribution in [2.24, 2.45) is 5.73 Å². The predicted octanol–water partition coefficient (Wildman–Crippen LogP) is -1.48. The average molecular weight is 323 g/mol. The Bertz CT molecular complexity index is 257. The predicted molar refractivity (Wildman–Crippen MR) is 78.7 cm³/mol. The first-order valence-corrected chi connectivity index (χ1v) is 7.74. The molecule has 1 fully saturated rings. The van der Waals surface area contributed by atoms with Gasteiger partial charge in [0.1, 0.15) is 12.2 Å². The highest BCUT2D eigenvalue weighted by atomic mass is 16.6. The van der Waals surface area contributed by atoms with Crippen LogP contribution in [0.1, 0.15) is 6.42 Å². The summed E-state index contributed by atoms with van der Waals surface area (Å²) in [4.78, 5) is 0. The molecule has 0 unspecified atom stereocenters. The van der Waals surface area contributed by atoms with Crippen LogP contribution in [0.5, 0.6) is 0 Å². The van der Waals surface area contributed by atoms with Crippen LogP contribution >= 0.6 is 0 Å². The molecule has 1 saturated heterocycles. The van der Waals surface area contributed by atoms with Gasteiger partial charge in [0.25, 0.3) is 0 Å². The Morgan fingerprint density at radius 3 is 2.00 bits per heavy atom. The molecule has 4 N–H and O–H groups in total. The summed E-state index contributed by atoms with van der Waals surface area (Å²) in [6, 6.07) is 0. The normalized spacial score (nSPS) is 25.5. The molecule has 0 saturated carbocycles. The largest absolute Gasteiger partial charge is 0.390 e. The molecule has 0 aromatic carbocycles. The van der Waals surface area contributed by atoms with Crippen molar-refractivity contribution in [2.45, 2.75) is 24.7 Å². The first-order chi connectivity index (χ1) is 10.8. The fourth-order valence-electron chi connectivity index (χ4n) is 1.95. The number of rotatable bonds is 13. The molecular formula is C14H29NO7. The first kappa shape index (κ1) is 19.7. The lowest BCUT2D eigenvalue weighted by molar-refractivity contribution is -0.156. The van der Waals surface area contributed by atoms with E-state index in [2.05, 4.69) is 0 Å². The van der Waals surface area contributed by atoms with Gasteiger partial charge in [-0.25, -0.2) is 0 Å². The molecular weight excluding hydrogens is 294 g/mol. The molecule has 1 aliphatic rings. The summed E-state index contributed by atoms with van der Waals surface area (Å²) in [5, 5.41) is 19.2. The van der Waals surface area contributed by atoms with Gasteiger partial charge in [0.2, 0.25) is 0 Å². The van der Waals surface area contributed by atoms with Crippen LogP contribution in [0.4, 0.5) is 0 Å². The van der Waals surface area contributed by atoms with Crippen molar-refractivity contribution in [3.05, 3.63) is 0 Å². The second-order valence-electron chi connectivity index (χ2n) is 4.96. The summed E-state index contributed by atoms with van der Waals surface area (Å²) >= 11 is 0. The van der Waals surface area contributed by atoms with E-state index >= 15 is 0 Å². The molecule has 1 rings (SSSR count). The lowest BCUT2D eigenvalue weighted by Crippen LogP contribution is -2.46. The van der Waals surface area contributed by atoms with Gasteiger partial charge >= 0.3 is 0 Å². The van der Waals surface area contributed by atoms with E-state index in [1.165, 1.54) is 0 Å². The molecule has 8 heteroatoms. The quantitative estimate of drug-likeness (QED) is 0.352. The summed E-state index contributed by atoms with van der Waals surface area (Å²) < 4.78 is 26.5. The van der Waals surface area contributed by atoms with E-state index < -0.39 is 18.3 Å².